The molecule has 0 N–H and O–H groups in total. The van der Waals surface area contributed by atoms with E-state index in [9.17, 15) is 9.59 Å². The quantitative estimate of drug-likeness (QED) is 0.780. The average Bonchev–Trinajstić information content (AvgIpc) is 3.06. The number of anilines is 1. The van der Waals surface area contributed by atoms with Gasteiger partial charge in [-0.15, -0.1) is 0 Å². The highest BCUT2D eigenvalue weighted by Gasteiger charge is 2.32. The molecule has 1 saturated heterocycles. The van der Waals surface area contributed by atoms with E-state index in [4.69, 9.17) is 0 Å². The summed E-state index contributed by atoms with van der Waals surface area (Å²) in [5.74, 6) is 0.889. The summed E-state index contributed by atoms with van der Waals surface area (Å²) in [6.45, 7) is 4.48. The number of piperidine rings is 1. The van der Waals surface area contributed by atoms with Crippen molar-refractivity contribution in [2.24, 2.45) is 4.99 Å². The van der Waals surface area contributed by atoms with Gasteiger partial charge >= 0.3 is 0 Å². The van der Waals surface area contributed by atoms with Crippen LogP contribution < -0.4 is 4.90 Å². The maximum atomic E-state index is 12.9. The zero-order valence-corrected chi connectivity index (χ0v) is 16.8. The standard InChI is InChI=1S/C23H26N4O2/c1-16-22(28)27-13-9-19(15-21(27)24-16)26-12-5-6-17-14-18(7-8-20(17)26)23(29)25-10-3-2-4-11-25/h7-9,13-16H,2-6,10-12H2,1H3. The minimum Gasteiger partial charge on any atom is -0.341 e. The molecular weight excluding hydrogens is 364 g/mol. The number of aliphatic imine (C=N–C) groups is 1. The molecule has 6 nitrogen and oxygen atoms in total. The van der Waals surface area contributed by atoms with E-state index in [0.717, 1.165) is 62.3 Å². The first-order chi connectivity index (χ1) is 14.1. The summed E-state index contributed by atoms with van der Waals surface area (Å²) >= 11 is 0. The number of likely N-dealkylation sites (tertiary alicyclic amines) is 1. The van der Waals surface area contributed by atoms with Gasteiger partial charge in [0.25, 0.3) is 11.8 Å². The van der Waals surface area contributed by atoms with Crippen LogP contribution in [-0.4, -0.2) is 53.1 Å². The van der Waals surface area contributed by atoms with Gasteiger partial charge in [-0.05, 0) is 68.9 Å². The number of nitrogens with zero attached hydrogens (tertiary/aromatic N) is 4. The third kappa shape index (κ3) is 3.16. The number of aryl methyl sites for hydroxylation is 1. The van der Waals surface area contributed by atoms with E-state index in [-0.39, 0.29) is 17.9 Å². The second-order valence-electron chi connectivity index (χ2n) is 8.21. The van der Waals surface area contributed by atoms with Gasteiger partial charge in [-0.25, -0.2) is 0 Å². The molecule has 1 aromatic rings. The lowest BCUT2D eigenvalue weighted by molar-refractivity contribution is -0.125. The van der Waals surface area contributed by atoms with E-state index in [1.807, 2.05) is 36.2 Å². The number of amides is 2. The summed E-state index contributed by atoms with van der Waals surface area (Å²) in [5, 5.41) is 0. The molecule has 150 valence electrons. The van der Waals surface area contributed by atoms with Gasteiger partial charge in [0.1, 0.15) is 11.9 Å². The van der Waals surface area contributed by atoms with Crippen molar-refractivity contribution in [1.82, 2.24) is 9.80 Å². The number of benzene rings is 1. The number of fused-ring (bicyclic) bond motifs is 2. The van der Waals surface area contributed by atoms with Gasteiger partial charge < -0.3 is 9.80 Å². The van der Waals surface area contributed by atoms with Gasteiger partial charge in [0, 0.05) is 48.9 Å². The summed E-state index contributed by atoms with van der Waals surface area (Å²) in [6.07, 6.45) is 11.2. The third-order valence-corrected chi connectivity index (χ3v) is 6.24. The van der Waals surface area contributed by atoms with Crippen LogP contribution in [-0.2, 0) is 11.2 Å². The molecule has 29 heavy (non-hydrogen) atoms. The van der Waals surface area contributed by atoms with E-state index in [2.05, 4.69) is 22.0 Å². The van der Waals surface area contributed by atoms with Gasteiger partial charge in [-0.3, -0.25) is 19.5 Å². The van der Waals surface area contributed by atoms with Crippen molar-refractivity contribution >= 4 is 23.3 Å². The SMILES string of the molecule is CC1N=C2C=C(N3CCCc4cc(C(=O)N5CCCCC5)ccc43)C=CN2C1=O. The van der Waals surface area contributed by atoms with Gasteiger partial charge in [-0.2, -0.15) is 0 Å². The number of hydrogen-bond acceptors (Lipinski definition) is 4. The fourth-order valence-electron chi connectivity index (χ4n) is 4.66. The fraction of sp³-hybridized carbons (Fsp3) is 0.435. The normalized spacial score (nSPS) is 23.6. The molecule has 0 radical (unpaired) electrons. The molecule has 0 saturated carbocycles. The highest BCUT2D eigenvalue weighted by Crippen LogP contribution is 2.33. The van der Waals surface area contributed by atoms with Crippen LogP contribution in [0.1, 0.15) is 48.5 Å². The first kappa shape index (κ1) is 18.2. The monoisotopic (exact) mass is 390 g/mol. The number of allylic oxidation sites excluding steroid dienone is 1. The molecule has 0 aromatic heterocycles. The minimum atomic E-state index is -0.317. The topological polar surface area (TPSA) is 56.2 Å². The molecular formula is C23H26N4O2. The highest BCUT2D eigenvalue weighted by atomic mass is 16.2. The first-order valence-electron chi connectivity index (χ1n) is 10.6. The Hall–Kier alpha value is -2.89. The molecule has 0 spiro atoms. The summed E-state index contributed by atoms with van der Waals surface area (Å²) in [6, 6.07) is 5.81. The molecule has 2 amide bonds. The van der Waals surface area contributed by atoms with Gasteiger partial charge in [0.05, 0.1) is 0 Å². The van der Waals surface area contributed by atoms with Crippen molar-refractivity contribution in [3.05, 3.63) is 53.4 Å². The summed E-state index contributed by atoms with van der Waals surface area (Å²) in [4.78, 5) is 35.4. The van der Waals surface area contributed by atoms with Crippen LogP contribution in [0.5, 0.6) is 0 Å². The lowest BCUT2D eigenvalue weighted by atomic mass is 9.97. The van der Waals surface area contributed by atoms with Crippen molar-refractivity contribution in [3.63, 3.8) is 0 Å². The van der Waals surface area contributed by atoms with E-state index in [1.165, 1.54) is 12.0 Å². The Balaban J connectivity index is 1.42. The van der Waals surface area contributed by atoms with Crippen molar-refractivity contribution < 1.29 is 9.59 Å². The van der Waals surface area contributed by atoms with Crippen LogP contribution in [0.4, 0.5) is 5.69 Å². The van der Waals surface area contributed by atoms with Crippen LogP contribution in [0, 0.1) is 0 Å². The van der Waals surface area contributed by atoms with Crippen molar-refractivity contribution in [1.29, 1.82) is 0 Å². The largest absolute Gasteiger partial charge is 0.341 e. The molecule has 1 atom stereocenters. The maximum Gasteiger partial charge on any atom is 0.256 e. The number of carbonyl (C=O) groups is 2. The van der Waals surface area contributed by atoms with E-state index in [1.54, 1.807) is 4.90 Å². The Labute approximate surface area is 171 Å². The number of hydrogen-bond donors (Lipinski definition) is 0. The molecule has 4 heterocycles. The molecule has 5 rings (SSSR count). The van der Waals surface area contributed by atoms with Crippen LogP contribution in [0.2, 0.25) is 0 Å². The zero-order valence-electron chi connectivity index (χ0n) is 16.8. The zero-order chi connectivity index (χ0) is 20.0. The molecule has 1 aromatic carbocycles. The average molecular weight is 390 g/mol. The molecule has 1 fully saturated rings. The molecule has 0 bridgehead atoms. The van der Waals surface area contributed by atoms with Crippen LogP contribution in [0.15, 0.2) is 47.2 Å². The Kier molecular flexibility index (Phi) is 4.49. The highest BCUT2D eigenvalue weighted by molar-refractivity contribution is 6.12. The predicted molar refractivity (Wildman–Crippen MR) is 113 cm³/mol. The first-order valence-corrected chi connectivity index (χ1v) is 10.6. The van der Waals surface area contributed by atoms with Crippen LogP contribution >= 0.6 is 0 Å². The predicted octanol–water partition coefficient (Wildman–Crippen LogP) is 3.11. The minimum absolute atomic E-state index is 0.0199. The summed E-state index contributed by atoms with van der Waals surface area (Å²) in [7, 11) is 0. The van der Waals surface area contributed by atoms with E-state index < -0.39 is 0 Å². The van der Waals surface area contributed by atoms with Crippen molar-refractivity contribution in [3.8, 4) is 0 Å². The Morgan fingerprint density at radius 1 is 1.10 bits per heavy atom. The van der Waals surface area contributed by atoms with Crippen molar-refractivity contribution in [2.45, 2.75) is 45.1 Å². The van der Waals surface area contributed by atoms with Crippen LogP contribution in [0.25, 0.3) is 0 Å². The molecule has 4 aliphatic heterocycles. The van der Waals surface area contributed by atoms with Gasteiger partial charge in [-0.1, -0.05) is 0 Å². The lowest BCUT2D eigenvalue weighted by Crippen LogP contribution is -2.36. The number of rotatable bonds is 2. The van der Waals surface area contributed by atoms with Gasteiger partial charge in [0.2, 0.25) is 0 Å². The van der Waals surface area contributed by atoms with Gasteiger partial charge in [0.15, 0.2) is 0 Å². The maximum absolute atomic E-state index is 12.9. The molecule has 4 aliphatic rings. The fourth-order valence-corrected chi connectivity index (χ4v) is 4.66. The number of carbonyl (C=O) groups excluding carboxylic acids is 2. The summed E-state index contributed by atoms with van der Waals surface area (Å²) < 4.78 is 0. The summed E-state index contributed by atoms with van der Waals surface area (Å²) in [5.41, 5.74) is 4.20. The molecule has 0 aliphatic carbocycles. The Bertz CT molecular complexity index is 956. The van der Waals surface area contributed by atoms with E-state index >= 15 is 0 Å². The van der Waals surface area contributed by atoms with Crippen LogP contribution in [0.3, 0.4) is 0 Å². The molecule has 6 heteroatoms. The third-order valence-electron chi connectivity index (χ3n) is 6.24. The second kappa shape index (κ2) is 7.17. The molecule has 1 unspecified atom stereocenters. The Morgan fingerprint density at radius 3 is 2.76 bits per heavy atom. The second-order valence-corrected chi connectivity index (χ2v) is 8.21. The van der Waals surface area contributed by atoms with E-state index in [0.29, 0.717) is 5.84 Å². The lowest BCUT2D eigenvalue weighted by Gasteiger charge is -2.34. The Morgan fingerprint density at radius 2 is 1.93 bits per heavy atom. The number of amidine groups is 1. The van der Waals surface area contributed by atoms with Crippen molar-refractivity contribution in [2.75, 3.05) is 24.5 Å². The smallest absolute Gasteiger partial charge is 0.256 e.